The first-order valence-electron chi connectivity index (χ1n) is 5.78. The Hall–Kier alpha value is -2.30. The molecule has 1 aromatic carbocycles. The summed E-state index contributed by atoms with van der Waals surface area (Å²) >= 11 is 0. The van der Waals surface area contributed by atoms with Crippen LogP contribution < -0.4 is 5.73 Å². The maximum Gasteiger partial charge on any atom is 0.242 e. The molecule has 0 saturated carbocycles. The zero-order chi connectivity index (χ0) is 14.9. The number of rotatable bonds is 3. The van der Waals surface area contributed by atoms with Crippen molar-refractivity contribution in [2.24, 2.45) is 0 Å². The van der Waals surface area contributed by atoms with Gasteiger partial charge < -0.3 is 10.3 Å². The van der Waals surface area contributed by atoms with Crippen molar-refractivity contribution in [3.05, 3.63) is 42.2 Å². The van der Waals surface area contributed by atoms with Crippen LogP contribution in [0.25, 0.3) is 5.69 Å². The quantitative estimate of drug-likeness (QED) is 0.859. The molecule has 0 bridgehead atoms. The summed E-state index contributed by atoms with van der Waals surface area (Å²) in [5.41, 5.74) is 7.22. The molecule has 0 aliphatic rings. The highest BCUT2D eigenvalue weighted by molar-refractivity contribution is 7.89. The fourth-order valence-corrected chi connectivity index (χ4v) is 2.74. The van der Waals surface area contributed by atoms with Crippen molar-refractivity contribution in [2.75, 3.05) is 19.8 Å². The minimum Gasteiger partial charge on any atom is -0.397 e. The van der Waals surface area contributed by atoms with Crippen LogP contribution in [0, 0.1) is 11.3 Å². The van der Waals surface area contributed by atoms with Crippen LogP contribution >= 0.6 is 0 Å². The van der Waals surface area contributed by atoms with Crippen molar-refractivity contribution in [1.29, 1.82) is 5.26 Å². The number of benzene rings is 1. The molecular formula is C13H14N4O2S. The maximum atomic E-state index is 12.0. The van der Waals surface area contributed by atoms with Crippen molar-refractivity contribution < 1.29 is 8.42 Å². The number of nitriles is 1. The maximum absolute atomic E-state index is 12.0. The summed E-state index contributed by atoms with van der Waals surface area (Å²) in [6, 6.07) is 9.89. The Bertz CT molecular complexity index is 785. The van der Waals surface area contributed by atoms with Gasteiger partial charge in [-0.2, -0.15) is 5.26 Å². The predicted octanol–water partition coefficient (Wildman–Crippen LogP) is 1.18. The molecule has 7 heteroatoms. The van der Waals surface area contributed by atoms with E-state index >= 15 is 0 Å². The van der Waals surface area contributed by atoms with Crippen LogP contribution in [0.5, 0.6) is 0 Å². The number of aromatic nitrogens is 1. The molecule has 0 aliphatic heterocycles. The van der Waals surface area contributed by atoms with E-state index < -0.39 is 10.0 Å². The standard InChI is InChI=1S/C13H14N4O2S/c1-16(2)20(18,19)11-5-6-13(12(15)8-11)17-7-3-4-10(17)9-14/h3-8H,15H2,1-2H3. The zero-order valence-corrected chi connectivity index (χ0v) is 11.9. The summed E-state index contributed by atoms with van der Waals surface area (Å²) in [5, 5.41) is 9.00. The van der Waals surface area contributed by atoms with Crippen LogP contribution in [0.2, 0.25) is 0 Å². The molecule has 2 rings (SSSR count). The third-order valence-corrected chi connectivity index (χ3v) is 4.71. The first kappa shape index (κ1) is 14.1. The van der Waals surface area contributed by atoms with Crippen molar-refractivity contribution in [3.8, 4) is 11.8 Å². The van der Waals surface area contributed by atoms with Crippen LogP contribution in [-0.2, 0) is 10.0 Å². The summed E-state index contributed by atoms with van der Waals surface area (Å²) in [4.78, 5) is 0.120. The highest BCUT2D eigenvalue weighted by Crippen LogP contribution is 2.24. The number of nitrogen functional groups attached to an aromatic ring is 1. The lowest BCUT2D eigenvalue weighted by molar-refractivity contribution is 0.521. The lowest BCUT2D eigenvalue weighted by Gasteiger charge is -2.14. The first-order chi connectivity index (χ1) is 9.37. The van der Waals surface area contributed by atoms with E-state index in [1.165, 1.54) is 26.2 Å². The number of anilines is 1. The van der Waals surface area contributed by atoms with Crippen molar-refractivity contribution in [1.82, 2.24) is 8.87 Å². The summed E-state index contributed by atoms with van der Waals surface area (Å²) in [7, 11) is -0.607. The average molecular weight is 290 g/mol. The van der Waals surface area contributed by atoms with E-state index in [1.807, 2.05) is 6.07 Å². The topological polar surface area (TPSA) is 92.1 Å². The Labute approximate surface area is 117 Å². The summed E-state index contributed by atoms with van der Waals surface area (Å²) < 4.78 is 26.8. The summed E-state index contributed by atoms with van der Waals surface area (Å²) in [5.74, 6) is 0. The molecule has 0 fully saturated rings. The van der Waals surface area contributed by atoms with Crippen LogP contribution in [-0.4, -0.2) is 31.4 Å². The van der Waals surface area contributed by atoms with Gasteiger partial charge in [-0.3, -0.25) is 0 Å². The normalized spacial score (nSPS) is 11.5. The molecule has 6 nitrogen and oxygen atoms in total. The Morgan fingerprint density at radius 2 is 2.00 bits per heavy atom. The van der Waals surface area contributed by atoms with Gasteiger partial charge in [-0.15, -0.1) is 0 Å². The van der Waals surface area contributed by atoms with E-state index in [4.69, 9.17) is 11.0 Å². The Morgan fingerprint density at radius 1 is 1.30 bits per heavy atom. The van der Waals surface area contributed by atoms with E-state index in [0.717, 1.165) is 4.31 Å². The van der Waals surface area contributed by atoms with Gasteiger partial charge in [-0.05, 0) is 30.3 Å². The van der Waals surface area contributed by atoms with Gasteiger partial charge in [-0.25, -0.2) is 12.7 Å². The predicted molar refractivity (Wildman–Crippen MR) is 75.8 cm³/mol. The molecule has 0 amide bonds. The van der Waals surface area contributed by atoms with Crippen molar-refractivity contribution >= 4 is 15.7 Å². The third-order valence-electron chi connectivity index (χ3n) is 2.90. The minimum atomic E-state index is -3.52. The SMILES string of the molecule is CN(C)S(=O)(=O)c1ccc(-n2cccc2C#N)c(N)c1. The smallest absolute Gasteiger partial charge is 0.242 e. The third kappa shape index (κ3) is 2.27. The van der Waals surface area contributed by atoms with E-state index in [0.29, 0.717) is 17.1 Å². The molecule has 0 spiro atoms. The van der Waals surface area contributed by atoms with Crippen LogP contribution in [0.1, 0.15) is 5.69 Å². The second-order valence-corrected chi connectivity index (χ2v) is 6.54. The lowest BCUT2D eigenvalue weighted by atomic mass is 10.2. The molecule has 0 saturated heterocycles. The molecule has 2 aromatic rings. The Kier molecular flexibility index (Phi) is 3.53. The van der Waals surface area contributed by atoms with Crippen molar-refractivity contribution in [2.45, 2.75) is 4.90 Å². The molecule has 0 aliphatic carbocycles. The van der Waals surface area contributed by atoms with Gasteiger partial charge in [0.2, 0.25) is 10.0 Å². The highest BCUT2D eigenvalue weighted by atomic mass is 32.2. The molecule has 2 N–H and O–H groups in total. The molecular weight excluding hydrogens is 276 g/mol. The summed E-state index contributed by atoms with van der Waals surface area (Å²) in [6.45, 7) is 0. The molecule has 1 heterocycles. The van der Waals surface area contributed by atoms with Gasteiger partial charge in [0.15, 0.2) is 0 Å². The summed E-state index contributed by atoms with van der Waals surface area (Å²) in [6.07, 6.45) is 1.70. The second-order valence-electron chi connectivity index (χ2n) is 4.38. The number of nitrogens with zero attached hydrogens (tertiary/aromatic N) is 3. The molecule has 20 heavy (non-hydrogen) atoms. The van der Waals surface area contributed by atoms with E-state index in [9.17, 15) is 8.42 Å². The van der Waals surface area contributed by atoms with Gasteiger partial charge >= 0.3 is 0 Å². The van der Waals surface area contributed by atoms with Gasteiger partial charge in [-0.1, -0.05) is 0 Å². The van der Waals surface area contributed by atoms with E-state index in [-0.39, 0.29) is 4.90 Å². The monoisotopic (exact) mass is 290 g/mol. The lowest BCUT2D eigenvalue weighted by Crippen LogP contribution is -2.22. The van der Waals surface area contributed by atoms with Gasteiger partial charge in [0.25, 0.3) is 0 Å². The van der Waals surface area contributed by atoms with Gasteiger partial charge in [0.05, 0.1) is 16.3 Å². The van der Waals surface area contributed by atoms with Gasteiger partial charge in [0, 0.05) is 20.3 Å². The largest absolute Gasteiger partial charge is 0.397 e. The molecule has 0 radical (unpaired) electrons. The van der Waals surface area contributed by atoms with E-state index in [2.05, 4.69) is 0 Å². The average Bonchev–Trinajstić information content (AvgIpc) is 2.86. The van der Waals surface area contributed by atoms with Crippen LogP contribution in [0.15, 0.2) is 41.4 Å². The minimum absolute atomic E-state index is 0.120. The van der Waals surface area contributed by atoms with E-state index in [1.54, 1.807) is 29.0 Å². The molecule has 0 unspecified atom stereocenters. The molecule has 104 valence electrons. The van der Waals surface area contributed by atoms with Gasteiger partial charge in [0.1, 0.15) is 11.8 Å². The van der Waals surface area contributed by atoms with Crippen LogP contribution in [0.4, 0.5) is 5.69 Å². The second kappa shape index (κ2) is 5.00. The number of sulfonamides is 1. The van der Waals surface area contributed by atoms with Crippen molar-refractivity contribution in [3.63, 3.8) is 0 Å². The first-order valence-corrected chi connectivity index (χ1v) is 7.22. The highest BCUT2D eigenvalue weighted by Gasteiger charge is 2.18. The Balaban J connectivity index is 2.55. The van der Waals surface area contributed by atoms with Crippen LogP contribution in [0.3, 0.4) is 0 Å². The molecule has 0 atom stereocenters. The number of nitrogens with two attached hydrogens (primary N) is 1. The Morgan fingerprint density at radius 3 is 2.55 bits per heavy atom. The fourth-order valence-electron chi connectivity index (χ4n) is 1.81. The number of hydrogen-bond acceptors (Lipinski definition) is 4. The molecule has 1 aromatic heterocycles. The zero-order valence-electron chi connectivity index (χ0n) is 11.1. The number of hydrogen-bond donors (Lipinski definition) is 1. The fraction of sp³-hybridized carbons (Fsp3) is 0.154.